The van der Waals surface area contributed by atoms with Gasteiger partial charge in [-0.2, -0.15) is 0 Å². The summed E-state index contributed by atoms with van der Waals surface area (Å²) < 4.78 is 12.9. The molecular weight excluding hydrogens is 303 g/mol. The fraction of sp³-hybridized carbons (Fsp3) is 0.200. The quantitative estimate of drug-likeness (QED) is 0.580. The highest BCUT2D eigenvalue weighted by Crippen LogP contribution is 2.18. The minimum atomic E-state index is -0.337. The predicted octanol–water partition coefficient (Wildman–Crippen LogP) is 3.27. The van der Waals surface area contributed by atoms with Gasteiger partial charge in [-0.15, -0.1) is 0 Å². The summed E-state index contributed by atoms with van der Waals surface area (Å²) in [5, 5.41) is 0.492. The highest BCUT2D eigenvalue weighted by molar-refractivity contribution is 7.98. The molecule has 2 aromatic heterocycles. The summed E-state index contributed by atoms with van der Waals surface area (Å²) in [7, 11) is 0. The van der Waals surface area contributed by atoms with Crippen molar-refractivity contribution in [2.24, 2.45) is 0 Å². The van der Waals surface area contributed by atoms with Gasteiger partial charge in [-0.05, 0) is 30.5 Å². The molecule has 0 saturated carbocycles. The van der Waals surface area contributed by atoms with Crippen molar-refractivity contribution in [1.29, 1.82) is 0 Å². The largest absolute Gasteiger partial charge is 0.299 e. The number of thioether (sulfide) groups is 1. The highest BCUT2D eigenvalue weighted by atomic mass is 32.2. The van der Waals surface area contributed by atoms with Crippen LogP contribution in [0.1, 0.15) is 13.8 Å². The van der Waals surface area contributed by atoms with Crippen LogP contribution in [0.2, 0.25) is 0 Å². The van der Waals surface area contributed by atoms with E-state index in [2.05, 4.69) is 19.9 Å². The number of benzene rings is 1. The fourth-order valence-electron chi connectivity index (χ4n) is 1.75. The van der Waals surface area contributed by atoms with Crippen molar-refractivity contribution in [1.82, 2.24) is 19.9 Å². The first-order valence-corrected chi connectivity index (χ1v) is 7.97. The minimum Gasteiger partial charge on any atom is -0.299 e. The normalized spacial score (nSPS) is 10.2. The molecule has 5 nitrogen and oxygen atoms in total. The van der Waals surface area contributed by atoms with Crippen LogP contribution in [0.15, 0.2) is 40.4 Å². The molecule has 2 heterocycles. The van der Waals surface area contributed by atoms with Gasteiger partial charge in [0.2, 0.25) is 0 Å². The van der Waals surface area contributed by atoms with Crippen molar-refractivity contribution in [3.63, 3.8) is 0 Å². The molecule has 0 radical (unpaired) electrons. The maximum absolute atomic E-state index is 12.9. The molecule has 3 aromatic rings. The zero-order valence-corrected chi connectivity index (χ0v) is 13.2. The molecular formula is C15H15FN4OS. The molecule has 0 aliphatic heterocycles. The summed E-state index contributed by atoms with van der Waals surface area (Å²) in [4.78, 5) is 27.1. The lowest BCUT2D eigenvalue weighted by Crippen LogP contribution is -2.12. The Labute approximate surface area is 131 Å². The molecule has 0 atom stereocenters. The lowest BCUT2D eigenvalue weighted by molar-refractivity contribution is 0.628. The second kappa shape index (κ2) is 7.13. The average molecular weight is 318 g/mol. The summed E-state index contributed by atoms with van der Waals surface area (Å²) in [6.45, 7) is 4.00. The molecule has 0 aliphatic carbocycles. The Morgan fingerprint density at radius 1 is 1.14 bits per heavy atom. The number of hydrogen-bond donors (Lipinski definition) is 1. The Morgan fingerprint density at radius 2 is 1.82 bits per heavy atom. The van der Waals surface area contributed by atoms with Crippen molar-refractivity contribution < 1.29 is 4.39 Å². The van der Waals surface area contributed by atoms with Gasteiger partial charge < -0.3 is 0 Å². The Hall–Kier alpha value is -2.28. The zero-order chi connectivity index (χ0) is 16.1. The average Bonchev–Trinajstić information content (AvgIpc) is 2.57. The summed E-state index contributed by atoms with van der Waals surface area (Å²) in [5.74, 6) is -0.327. The molecule has 1 N–H and O–H groups in total. The van der Waals surface area contributed by atoms with Crippen LogP contribution < -0.4 is 5.56 Å². The van der Waals surface area contributed by atoms with Gasteiger partial charge in [0, 0.05) is 5.56 Å². The summed E-state index contributed by atoms with van der Waals surface area (Å²) in [6.07, 6.45) is 3.33. The molecule has 0 amide bonds. The molecule has 7 heteroatoms. The Morgan fingerprint density at radius 3 is 2.45 bits per heavy atom. The van der Waals surface area contributed by atoms with Crippen LogP contribution in [0, 0.1) is 5.82 Å². The van der Waals surface area contributed by atoms with E-state index in [1.54, 1.807) is 12.1 Å². The van der Waals surface area contributed by atoms with E-state index >= 15 is 0 Å². The van der Waals surface area contributed by atoms with E-state index in [-0.39, 0.29) is 16.9 Å². The van der Waals surface area contributed by atoms with Crippen LogP contribution in [0.4, 0.5) is 4.39 Å². The van der Waals surface area contributed by atoms with E-state index in [0.29, 0.717) is 22.1 Å². The first kappa shape index (κ1) is 16.1. The van der Waals surface area contributed by atoms with Gasteiger partial charge in [0.05, 0.1) is 11.9 Å². The van der Waals surface area contributed by atoms with E-state index in [1.165, 1.54) is 30.1 Å². The van der Waals surface area contributed by atoms with Crippen molar-refractivity contribution in [3.8, 4) is 11.3 Å². The number of aromatic amines is 1. The lowest BCUT2D eigenvalue weighted by atomic mass is 10.1. The monoisotopic (exact) mass is 318 g/mol. The number of halogens is 1. The Bertz CT molecular complexity index is 833. The number of H-pyrrole nitrogens is 1. The fourth-order valence-corrected chi connectivity index (χ4v) is 2.13. The minimum absolute atomic E-state index is 0.171. The smallest absolute Gasteiger partial charge is 0.279 e. The van der Waals surface area contributed by atoms with Gasteiger partial charge in [-0.25, -0.2) is 19.3 Å². The number of nitrogens with one attached hydrogen (secondary N) is 1. The van der Waals surface area contributed by atoms with Gasteiger partial charge >= 0.3 is 0 Å². The van der Waals surface area contributed by atoms with Gasteiger partial charge in [-0.1, -0.05) is 25.6 Å². The summed E-state index contributed by atoms with van der Waals surface area (Å²) in [6, 6.07) is 5.84. The Kier molecular flexibility index (Phi) is 5.21. The zero-order valence-electron chi connectivity index (χ0n) is 12.4. The molecule has 0 aliphatic rings. The number of nitrogens with zero attached hydrogens (tertiary/aromatic N) is 3. The van der Waals surface area contributed by atoms with E-state index in [1.807, 2.05) is 20.1 Å². The van der Waals surface area contributed by atoms with Gasteiger partial charge in [0.25, 0.3) is 5.56 Å². The van der Waals surface area contributed by atoms with Crippen molar-refractivity contribution in [3.05, 3.63) is 46.6 Å². The molecule has 1 aromatic carbocycles. The lowest BCUT2D eigenvalue weighted by Gasteiger charge is -2.03. The second-order valence-corrected chi connectivity index (χ2v) is 4.80. The van der Waals surface area contributed by atoms with Crippen LogP contribution in [0.25, 0.3) is 22.4 Å². The SMILES string of the molecule is CC.CSc1nc2ncc(-c3ccc(F)cc3)nc2c(=O)[nH]1. The molecule has 0 saturated heterocycles. The highest BCUT2D eigenvalue weighted by Gasteiger charge is 2.08. The Balaban J connectivity index is 0.000000847. The van der Waals surface area contributed by atoms with Gasteiger partial charge in [-0.3, -0.25) is 9.78 Å². The number of fused-ring (bicyclic) bond motifs is 1. The molecule has 3 rings (SSSR count). The molecule has 22 heavy (non-hydrogen) atoms. The number of aromatic nitrogens is 4. The van der Waals surface area contributed by atoms with Crippen LogP contribution in [0.3, 0.4) is 0 Å². The van der Waals surface area contributed by atoms with Crippen molar-refractivity contribution >= 4 is 22.9 Å². The first-order valence-electron chi connectivity index (χ1n) is 6.74. The van der Waals surface area contributed by atoms with Crippen molar-refractivity contribution in [2.45, 2.75) is 19.0 Å². The maximum atomic E-state index is 12.9. The van der Waals surface area contributed by atoms with E-state index in [4.69, 9.17) is 0 Å². The summed E-state index contributed by atoms with van der Waals surface area (Å²) in [5.41, 5.74) is 1.32. The molecule has 0 bridgehead atoms. The number of hydrogen-bond acceptors (Lipinski definition) is 5. The van der Waals surface area contributed by atoms with Gasteiger partial charge in [0.15, 0.2) is 16.3 Å². The van der Waals surface area contributed by atoms with Gasteiger partial charge in [0.1, 0.15) is 5.82 Å². The van der Waals surface area contributed by atoms with Crippen LogP contribution >= 0.6 is 11.8 Å². The molecule has 0 fully saturated rings. The van der Waals surface area contributed by atoms with E-state index < -0.39 is 0 Å². The van der Waals surface area contributed by atoms with E-state index in [0.717, 1.165) is 0 Å². The topological polar surface area (TPSA) is 71.5 Å². The standard InChI is InChI=1S/C13H9FN4OS.C2H6/c1-20-13-17-11-10(12(19)18-13)16-9(6-15-11)7-2-4-8(14)5-3-7;1-2/h2-6H,1H3,(H,15,17,18,19);1-2H3. The molecule has 114 valence electrons. The van der Waals surface area contributed by atoms with Crippen LogP contribution in [-0.4, -0.2) is 26.2 Å². The first-order chi connectivity index (χ1) is 10.7. The predicted molar refractivity (Wildman–Crippen MR) is 86.5 cm³/mol. The molecule has 0 spiro atoms. The number of rotatable bonds is 2. The second-order valence-electron chi connectivity index (χ2n) is 4.01. The third-order valence-electron chi connectivity index (χ3n) is 2.73. The maximum Gasteiger partial charge on any atom is 0.279 e. The molecule has 0 unspecified atom stereocenters. The van der Waals surface area contributed by atoms with Crippen LogP contribution in [-0.2, 0) is 0 Å². The summed E-state index contributed by atoms with van der Waals surface area (Å²) >= 11 is 1.32. The van der Waals surface area contributed by atoms with Crippen molar-refractivity contribution in [2.75, 3.05) is 6.26 Å². The van der Waals surface area contributed by atoms with E-state index in [9.17, 15) is 9.18 Å². The van der Waals surface area contributed by atoms with Crippen LogP contribution in [0.5, 0.6) is 0 Å². The third-order valence-corrected chi connectivity index (χ3v) is 3.31. The third kappa shape index (κ3) is 3.30.